The number of ether oxygens (including phenoxy) is 1. The minimum absolute atomic E-state index is 0.0199. The fourth-order valence-corrected chi connectivity index (χ4v) is 3.63. The topological polar surface area (TPSA) is 70.2 Å². The van der Waals surface area contributed by atoms with E-state index in [1.807, 2.05) is 16.7 Å². The highest BCUT2D eigenvalue weighted by atomic mass is 32.2. The Morgan fingerprint density at radius 1 is 1.25 bits per heavy atom. The monoisotopic (exact) mass is 405 g/mol. The van der Waals surface area contributed by atoms with Crippen molar-refractivity contribution in [3.63, 3.8) is 0 Å². The van der Waals surface area contributed by atoms with Gasteiger partial charge in [0.15, 0.2) is 10.9 Å². The van der Waals surface area contributed by atoms with Gasteiger partial charge in [0.25, 0.3) is 0 Å². The summed E-state index contributed by atoms with van der Waals surface area (Å²) in [7, 11) is 0. The molecular formula is C19H17F2N3O3S. The predicted molar refractivity (Wildman–Crippen MR) is 97.9 cm³/mol. The first-order chi connectivity index (χ1) is 13.6. The van der Waals surface area contributed by atoms with Crippen LogP contribution in [0, 0.1) is 0 Å². The van der Waals surface area contributed by atoms with Gasteiger partial charge in [-0.15, -0.1) is 10.2 Å². The smallest absolute Gasteiger partial charge is 0.387 e. The lowest BCUT2D eigenvalue weighted by molar-refractivity contribution is -0.0498. The number of carbonyl (C=O) groups excluding carboxylic acids is 1. The molecule has 0 amide bonds. The molecule has 1 saturated carbocycles. The molecule has 1 fully saturated rings. The van der Waals surface area contributed by atoms with E-state index in [0.717, 1.165) is 24.4 Å². The molecule has 2 heterocycles. The van der Waals surface area contributed by atoms with E-state index in [2.05, 4.69) is 14.9 Å². The van der Waals surface area contributed by atoms with Crippen LogP contribution in [-0.2, 0) is 6.54 Å². The second-order valence-corrected chi connectivity index (χ2v) is 7.34. The van der Waals surface area contributed by atoms with E-state index in [0.29, 0.717) is 23.2 Å². The average Bonchev–Trinajstić information content (AvgIpc) is 3.24. The summed E-state index contributed by atoms with van der Waals surface area (Å²) in [6.07, 6.45) is 3.80. The normalized spacial score (nSPS) is 13.8. The molecule has 1 aliphatic carbocycles. The Bertz CT molecular complexity index is 938. The van der Waals surface area contributed by atoms with Crippen molar-refractivity contribution in [2.75, 3.05) is 5.75 Å². The number of nitrogens with zero attached hydrogens (tertiary/aromatic N) is 3. The van der Waals surface area contributed by atoms with Crippen molar-refractivity contribution in [2.45, 2.75) is 37.1 Å². The van der Waals surface area contributed by atoms with Crippen LogP contribution in [0.4, 0.5) is 8.78 Å². The van der Waals surface area contributed by atoms with E-state index in [9.17, 15) is 13.6 Å². The van der Waals surface area contributed by atoms with E-state index < -0.39 is 6.61 Å². The third-order valence-corrected chi connectivity index (χ3v) is 5.28. The number of hydrogen-bond donors (Lipinski definition) is 0. The Kier molecular flexibility index (Phi) is 5.43. The van der Waals surface area contributed by atoms with E-state index in [1.54, 1.807) is 6.26 Å². The van der Waals surface area contributed by atoms with Crippen molar-refractivity contribution < 1.29 is 22.7 Å². The SMILES string of the molecule is O=C(CSc1nnc(C2CC2)n1Cc1ccco1)c1ccc(OC(F)F)cc1. The molecule has 0 unspecified atom stereocenters. The summed E-state index contributed by atoms with van der Waals surface area (Å²) in [4.78, 5) is 12.4. The number of halogens is 2. The van der Waals surface area contributed by atoms with Gasteiger partial charge in [0.1, 0.15) is 17.3 Å². The molecule has 0 aliphatic heterocycles. The van der Waals surface area contributed by atoms with Crippen LogP contribution < -0.4 is 4.74 Å². The number of carbonyl (C=O) groups is 1. The fourth-order valence-electron chi connectivity index (χ4n) is 2.79. The number of furan rings is 1. The molecule has 0 radical (unpaired) electrons. The summed E-state index contributed by atoms with van der Waals surface area (Å²) in [6.45, 7) is -2.37. The predicted octanol–water partition coefficient (Wildman–Crippen LogP) is 4.37. The molecule has 1 aromatic carbocycles. The maximum Gasteiger partial charge on any atom is 0.387 e. The van der Waals surface area contributed by atoms with E-state index in [1.165, 1.54) is 36.0 Å². The zero-order valence-electron chi connectivity index (χ0n) is 14.8. The highest BCUT2D eigenvalue weighted by Gasteiger charge is 2.30. The van der Waals surface area contributed by atoms with Gasteiger partial charge in [-0.3, -0.25) is 9.36 Å². The van der Waals surface area contributed by atoms with Crippen LogP contribution in [0.3, 0.4) is 0 Å². The minimum Gasteiger partial charge on any atom is -0.467 e. The highest BCUT2D eigenvalue weighted by molar-refractivity contribution is 7.99. The molecule has 146 valence electrons. The fraction of sp³-hybridized carbons (Fsp3) is 0.316. The quantitative estimate of drug-likeness (QED) is 0.389. The lowest BCUT2D eigenvalue weighted by Gasteiger charge is -2.08. The summed E-state index contributed by atoms with van der Waals surface area (Å²) < 4.78 is 36.1. The molecular weight excluding hydrogens is 388 g/mol. The molecule has 0 spiro atoms. The molecule has 1 aliphatic rings. The van der Waals surface area contributed by atoms with Crippen LogP contribution in [0.1, 0.15) is 40.7 Å². The summed E-state index contributed by atoms with van der Waals surface area (Å²) in [5.74, 6) is 2.18. The van der Waals surface area contributed by atoms with E-state index in [-0.39, 0.29) is 17.3 Å². The molecule has 0 saturated heterocycles. The Balaban J connectivity index is 1.43. The van der Waals surface area contributed by atoms with Gasteiger partial charge < -0.3 is 9.15 Å². The van der Waals surface area contributed by atoms with Crippen molar-refractivity contribution in [2.24, 2.45) is 0 Å². The molecule has 0 N–H and O–H groups in total. The number of alkyl halides is 2. The zero-order valence-corrected chi connectivity index (χ0v) is 15.6. The van der Waals surface area contributed by atoms with Crippen molar-refractivity contribution in [3.05, 3.63) is 59.8 Å². The van der Waals surface area contributed by atoms with Crippen LogP contribution >= 0.6 is 11.8 Å². The summed E-state index contributed by atoms with van der Waals surface area (Å²) in [5.41, 5.74) is 0.425. The van der Waals surface area contributed by atoms with Crippen molar-refractivity contribution in [1.82, 2.24) is 14.8 Å². The van der Waals surface area contributed by atoms with Crippen LogP contribution in [0.2, 0.25) is 0 Å². The van der Waals surface area contributed by atoms with Gasteiger partial charge in [-0.1, -0.05) is 11.8 Å². The molecule has 0 atom stereocenters. The summed E-state index contributed by atoms with van der Waals surface area (Å²) in [6, 6.07) is 9.38. The molecule has 9 heteroatoms. The number of thioether (sulfide) groups is 1. The third kappa shape index (κ3) is 4.41. The number of Topliss-reactive ketones (excluding diaryl/α,β-unsaturated/α-hetero) is 1. The van der Waals surface area contributed by atoms with Crippen LogP contribution in [0.25, 0.3) is 0 Å². The Morgan fingerprint density at radius 3 is 2.68 bits per heavy atom. The molecule has 2 aromatic heterocycles. The van der Waals surface area contributed by atoms with Gasteiger partial charge in [0.05, 0.1) is 18.6 Å². The summed E-state index contributed by atoms with van der Waals surface area (Å²) >= 11 is 1.30. The first-order valence-corrected chi connectivity index (χ1v) is 9.75. The maximum atomic E-state index is 12.4. The number of ketones is 1. The van der Waals surface area contributed by atoms with Crippen molar-refractivity contribution in [1.29, 1.82) is 0 Å². The van der Waals surface area contributed by atoms with Gasteiger partial charge in [-0.25, -0.2) is 0 Å². The van der Waals surface area contributed by atoms with Crippen LogP contribution in [0.15, 0.2) is 52.2 Å². The first-order valence-electron chi connectivity index (χ1n) is 8.76. The van der Waals surface area contributed by atoms with Gasteiger partial charge in [-0.2, -0.15) is 8.78 Å². The Labute approximate surface area is 163 Å². The zero-order chi connectivity index (χ0) is 19.5. The van der Waals surface area contributed by atoms with E-state index >= 15 is 0 Å². The lowest BCUT2D eigenvalue weighted by atomic mass is 10.1. The minimum atomic E-state index is -2.89. The van der Waals surface area contributed by atoms with Gasteiger partial charge in [-0.05, 0) is 49.2 Å². The highest BCUT2D eigenvalue weighted by Crippen LogP contribution is 2.40. The van der Waals surface area contributed by atoms with Crippen LogP contribution in [0.5, 0.6) is 5.75 Å². The van der Waals surface area contributed by atoms with E-state index in [4.69, 9.17) is 4.42 Å². The summed E-state index contributed by atoms with van der Waals surface area (Å²) in [5, 5.41) is 9.21. The third-order valence-electron chi connectivity index (χ3n) is 4.32. The lowest BCUT2D eigenvalue weighted by Crippen LogP contribution is -2.08. The van der Waals surface area contributed by atoms with Crippen molar-refractivity contribution >= 4 is 17.5 Å². The molecule has 0 bridgehead atoms. The Morgan fingerprint density at radius 2 is 2.04 bits per heavy atom. The number of rotatable bonds is 9. The molecule has 4 rings (SSSR count). The average molecular weight is 405 g/mol. The number of benzene rings is 1. The number of hydrogen-bond acceptors (Lipinski definition) is 6. The van der Waals surface area contributed by atoms with Crippen LogP contribution in [-0.4, -0.2) is 32.9 Å². The second kappa shape index (κ2) is 8.14. The standard InChI is InChI=1S/C19H17F2N3O3S/c20-18(21)27-14-7-5-12(6-8-14)16(25)11-28-19-23-22-17(13-3-4-13)24(19)10-15-2-1-9-26-15/h1-2,5-9,13,18H,3-4,10-11H2. The van der Waals surface area contributed by atoms with Gasteiger partial charge in [0, 0.05) is 11.5 Å². The molecule has 28 heavy (non-hydrogen) atoms. The molecule has 3 aromatic rings. The maximum absolute atomic E-state index is 12.4. The second-order valence-electron chi connectivity index (χ2n) is 6.40. The Hall–Kier alpha value is -2.68. The molecule has 6 nitrogen and oxygen atoms in total. The number of aromatic nitrogens is 3. The first kappa shape index (κ1) is 18.7. The largest absolute Gasteiger partial charge is 0.467 e. The van der Waals surface area contributed by atoms with Crippen molar-refractivity contribution in [3.8, 4) is 5.75 Å². The van der Waals surface area contributed by atoms with Gasteiger partial charge >= 0.3 is 6.61 Å². The van der Waals surface area contributed by atoms with Gasteiger partial charge in [0.2, 0.25) is 0 Å².